The van der Waals surface area contributed by atoms with E-state index in [2.05, 4.69) is 21.0 Å². The van der Waals surface area contributed by atoms with Crippen molar-refractivity contribution in [3.8, 4) is 0 Å². The third kappa shape index (κ3) is 4.22. The number of amides is 2. The molecule has 8 heteroatoms. The fourth-order valence-corrected chi connectivity index (χ4v) is 2.65. The monoisotopic (exact) mass is 372 g/mol. The van der Waals surface area contributed by atoms with Gasteiger partial charge in [-0.2, -0.15) is 5.10 Å². The number of carbonyl (C=O) groups is 2. The van der Waals surface area contributed by atoms with Gasteiger partial charge in [-0.3, -0.25) is 9.48 Å². The molecule has 2 rings (SSSR count). The highest BCUT2D eigenvalue weighted by Crippen LogP contribution is 2.13. The second-order valence-electron chi connectivity index (χ2n) is 5.14. The van der Waals surface area contributed by atoms with Crippen LogP contribution in [0.4, 0.5) is 4.79 Å². The Morgan fingerprint density at radius 3 is 2.45 bits per heavy atom. The van der Waals surface area contributed by atoms with Crippen molar-refractivity contribution < 1.29 is 14.3 Å². The Labute approximate surface area is 138 Å². The maximum atomic E-state index is 12.2. The van der Waals surface area contributed by atoms with Gasteiger partial charge >= 0.3 is 6.09 Å². The van der Waals surface area contributed by atoms with Crippen LogP contribution in [0.3, 0.4) is 0 Å². The van der Waals surface area contributed by atoms with Crippen LogP contribution in [0.2, 0.25) is 0 Å². The number of ether oxygens (including phenoxy) is 1. The third-order valence-corrected chi connectivity index (χ3v) is 4.38. The molecule has 0 radical (unpaired) electrons. The standard InChI is InChI=1S/C14H21BrN4O3/c1-3-22-14(21)18-8-6-17(7-9-18)13(20)4-5-19-10-12(15)11(2)16-19/h10H,3-9H2,1-2H3. The SMILES string of the molecule is CCOC(=O)N1CCN(C(=O)CCn2cc(Br)c(C)n2)CC1. The number of aryl methyl sites for hydroxylation is 2. The largest absolute Gasteiger partial charge is 0.450 e. The predicted octanol–water partition coefficient (Wildman–Crippen LogP) is 1.64. The lowest BCUT2D eigenvalue weighted by Gasteiger charge is -2.34. The van der Waals surface area contributed by atoms with Crippen molar-refractivity contribution in [1.29, 1.82) is 0 Å². The first-order chi connectivity index (χ1) is 10.5. The van der Waals surface area contributed by atoms with Crippen molar-refractivity contribution in [2.45, 2.75) is 26.8 Å². The second-order valence-corrected chi connectivity index (χ2v) is 6.00. The number of rotatable bonds is 4. The van der Waals surface area contributed by atoms with Crippen LogP contribution in [0.5, 0.6) is 0 Å². The second kappa shape index (κ2) is 7.62. The smallest absolute Gasteiger partial charge is 0.409 e. The number of carbonyl (C=O) groups excluding carboxylic acids is 2. The maximum absolute atomic E-state index is 12.2. The molecule has 1 aliphatic heterocycles. The van der Waals surface area contributed by atoms with Gasteiger partial charge in [-0.05, 0) is 29.8 Å². The number of piperazine rings is 1. The van der Waals surface area contributed by atoms with Crippen molar-refractivity contribution >= 4 is 27.9 Å². The summed E-state index contributed by atoms with van der Waals surface area (Å²) in [5, 5.41) is 4.31. The minimum atomic E-state index is -0.300. The zero-order valence-electron chi connectivity index (χ0n) is 12.9. The predicted molar refractivity (Wildman–Crippen MR) is 84.5 cm³/mol. The van der Waals surface area contributed by atoms with E-state index in [0.29, 0.717) is 45.8 Å². The molecule has 0 unspecified atom stereocenters. The quantitative estimate of drug-likeness (QED) is 0.805. The Kier molecular flexibility index (Phi) is 5.82. The number of aromatic nitrogens is 2. The van der Waals surface area contributed by atoms with Gasteiger partial charge in [0.25, 0.3) is 0 Å². The molecule has 0 atom stereocenters. The van der Waals surface area contributed by atoms with Gasteiger partial charge in [0.15, 0.2) is 0 Å². The molecule has 0 aromatic carbocycles. The van der Waals surface area contributed by atoms with Crippen LogP contribution in [0.15, 0.2) is 10.7 Å². The molecule has 0 bridgehead atoms. The summed E-state index contributed by atoms with van der Waals surface area (Å²) in [6.07, 6.45) is 1.99. The Bertz CT molecular complexity index is 519. The Morgan fingerprint density at radius 2 is 1.91 bits per heavy atom. The average molecular weight is 373 g/mol. The summed E-state index contributed by atoms with van der Waals surface area (Å²) in [4.78, 5) is 27.2. The summed E-state index contributed by atoms with van der Waals surface area (Å²) >= 11 is 3.40. The minimum absolute atomic E-state index is 0.0905. The first-order valence-electron chi connectivity index (χ1n) is 7.40. The maximum Gasteiger partial charge on any atom is 0.409 e. The summed E-state index contributed by atoms with van der Waals surface area (Å²) < 4.78 is 7.68. The fourth-order valence-electron chi connectivity index (χ4n) is 2.33. The number of hydrogen-bond donors (Lipinski definition) is 0. The summed E-state index contributed by atoms with van der Waals surface area (Å²) in [6.45, 7) is 6.79. The van der Waals surface area contributed by atoms with E-state index < -0.39 is 0 Å². The van der Waals surface area contributed by atoms with Crippen LogP contribution < -0.4 is 0 Å². The number of hydrogen-bond acceptors (Lipinski definition) is 4. The first-order valence-corrected chi connectivity index (χ1v) is 8.19. The molecule has 1 aromatic heterocycles. The van der Waals surface area contributed by atoms with Crippen LogP contribution >= 0.6 is 15.9 Å². The molecule has 2 amide bonds. The Hall–Kier alpha value is -1.57. The summed E-state index contributed by atoms with van der Waals surface area (Å²) in [7, 11) is 0. The van der Waals surface area contributed by atoms with E-state index in [0.717, 1.165) is 10.2 Å². The zero-order valence-corrected chi connectivity index (χ0v) is 14.5. The van der Waals surface area contributed by atoms with E-state index in [9.17, 15) is 9.59 Å². The Balaban J connectivity index is 1.76. The zero-order chi connectivity index (χ0) is 16.1. The number of nitrogens with zero attached hydrogens (tertiary/aromatic N) is 4. The summed E-state index contributed by atoms with van der Waals surface area (Å²) in [6, 6.07) is 0. The molecule has 1 saturated heterocycles. The fraction of sp³-hybridized carbons (Fsp3) is 0.643. The van der Waals surface area contributed by atoms with Crippen molar-refractivity contribution in [3.05, 3.63) is 16.4 Å². The molecule has 0 aliphatic carbocycles. The van der Waals surface area contributed by atoms with E-state index in [1.165, 1.54) is 0 Å². The lowest BCUT2D eigenvalue weighted by molar-refractivity contribution is -0.133. The molecule has 0 spiro atoms. The summed E-state index contributed by atoms with van der Waals surface area (Å²) in [5.74, 6) is 0.0905. The average Bonchev–Trinajstić information content (AvgIpc) is 2.84. The molecule has 7 nitrogen and oxygen atoms in total. The lowest BCUT2D eigenvalue weighted by Crippen LogP contribution is -2.50. The van der Waals surface area contributed by atoms with Gasteiger partial charge in [-0.1, -0.05) is 0 Å². The van der Waals surface area contributed by atoms with Crippen LogP contribution in [0, 0.1) is 6.92 Å². The molecule has 1 aromatic rings. The molecular formula is C14H21BrN4O3. The van der Waals surface area contributed by atoms with E-state index in [1.807, 2.05) is 13.1 Å². The highest BCUT2D eigenvalue weighted by molar-refractivity contribution is 9.10. The van der Waals surface area contributed by atoms with Gasteiger partial charge in [0.2, 0.25) is 5.91 Å². The van der Waals surface area contributed by atoms with Crippen LogP contribution in [-0.2, 0) is 16.1 Å². The minimum Gasteiger partial charge on any atom is -0.450 e. The van der Waals surface area contributed by atoms with Crippen LogP contribution in [0.1, 0.15) is 19.0 Å². The van der Waals surface area contributed by atoms with Crippen LogP contribution in [0.25, 0.3) is 0 Å². The lowest BCUT2D eigenvalue weighted by atomic mass is 10.3. The molecular weight excluding hydrogens is 352 g/mol. The van der Waals surface area contributed by atoms with Gasteiger partial charge in [-0.15, -0.1) is 0 Å². The van der Waals surface area contributed by atoms with Crippen LogP contribution in [-0.4, -0.2) is 64.4 Å². The normalized spacial score (nSPS) is 15.0. The molecule has 2 heterocycles. The van der Waals surface area contributed by atoms with Crippen molar-refractivity contribution in [2.75, 3.05) is 32.8 Å². The van der Waals surface area contributed by atoms with E-state index in [4.69, 9.17) is 4.74 Å². The molecule has 1 aliphatic rings. The van der Waals surface area contributed by atoms with Gasteiger partial charge in [-0.25, -0.2) is 4.79 Å². The summed E-state index contributed by atoms with van der Waals surface area (Å²) in [5.41, 5.74) is 0.912. The molecule has 0 saturated carbocycles. The Morgan fingerprint density at radius 1 is 1.27 bits per heavy atom. The van der Waals surface area contributed by atoms with E-state index in [-0.39, 0.29) is 12.0 Å². The third-order valence-electron chi connectivity index (χ3n) is 3.60. The van der Waals surface area contributed by atoms with E-state index >= 15 is 0 Å². The number of halogens is 1. The highest BCUT2D eigenvalue weighted by atomic mass is 79.9. The first kappa shape index (κ1) is 16.8. The van der Waals surface area contributed by atoms with Crippen molar-refractivity contribution in [3.63, 3.8) is 0 Å². The molecule has 22 heavy (non-hydrogen) atoms. The van der Waals surface area contributed by atoms with Crippen molar-refractivity contribution in [1.82, 2.24) is 19.6 Å². The van der Waals surface area contributed by atoms with Gasteiger partial charge < -0.3 is 14.5 Å². The highest BCUT2D eigenvalue weighted by Gasteiger charge is 2.24. The molecule has 0 N–H and O–H groups in total. The molecule has 1 fully saturated rings. The van der Waals surface area contributed by atoms with Gasteiger partial charge in [0.1, 0.15) is 0 Å². The van der Waals surface area contributed by atoms with Gasteiger partial charge in [0, 0.05) is 45.3 Å². The topological polar surface area (TPSA) is 67.7 Å². The molecule has 122 valence electrons. The van der Waals surface area contributed by atoms with Gasteiger partial charge in [0.05, 0.1) is 16.8 Å². The van der Waals surface area contributed by atoms with E-state index in [1.54, 1.807) is 21.4 Å². The van der Waals surface area contributed by atoms with Crippen molar-refractivity contribution in [2.24, 2.45) is 0 Å².